The van der Waals surface area contributed by atoms with Crippen LogP contribution in [-0.2, 0) is 14.3 Å². The van der Waals surface area contributed by atoms with Crippen molar-refractivity contribution >= 4 is 35.0 Å². The monoisotopic (exact) mass is 722 g/mol. The van der Waals surface area contributed by atoms with Gasteiger partial charge in [0.05, 0.1) is 6.04 Å². The van der Waals surface area contributed by atoms with Crippen LogP contribution in [0.15, 0.2) is 78.2 Å². The number of nitrogens with zero attached hydrogens (tertiary/aromatic N) is 3. The van der Waals surface area contributed by atoms with E-state index >= 15 is 0 Å². The molecule has 3 aromatic carbocycles. The first-order chi connectivity index (χ1) is 25.2. The van der Waals surface area contributed by atoms with E-state index in [1.807, 2.05) is 24.3 Å². The molecule has 2 fully saturated rings. The van der Waals surface area contributed by atoms with E-state index < -0.39 is 29.9 Å². The van der Waals surface area contributed by atoms with Crippen molar-refractivity contribution in [3.05, 3.63) is 111 Å². The van der Waals surface area contributed by atoms with E-state index in [9.17, 15) is 23.6 Å². The first-order valence-electron chi connectivity index (χ1n) is 18.2. The highest BCUT2D eigenvalue weighted by molar-refractivity contribution is 7.10. The largest absolute Gasteiger partial charge is 0.448 e. The number of thiazole rings is 1. The predicted octanol–water partition coefficient (Wildman–Crippen LogP) is 7.51. The van der Waals surface area contributed by atoms with E-state index in [0.29, 0.717) is 23.5 Å². The van der Waals surface area contributed by atoms with Crippen molar-refractivity contribution in [2.45, 2.75) is 75.9 Å². The molecule has 2 heterocycles. The van der Waals surface area contributed by atoms with Gasteiger partial charge in [-0.3, -0.25) is 19.3 Å². The molecule has 0 unspecified atom stereocenters. The molecule has 9 nitrogen and oxygen atoms in total. The van der Waals surface area contributed by atoms with Gasteiger partial charge in [0, 0.05) is 30.5 Å². The number of carbonyl (C=O) groups is 4. The van der Waals surface area contributed by atoms with Gasteiger partial charge in [-0.05, 0) is 85.0 Å². The van der Waals surface area contributed by atoms with Gasteiger partial charge in [0.2, 0.25) is 17.6 Å². The van der Waals surface area contributed by atoms with E-state index in [1.54, 1.807) is 24.3 Å². The number of likely N-dealkylation sites (N-methyl/N-ethyl adjacent to an activating group) is 1. The summed E-state index contributed by atoms with van der Waals surface area (Å²) >= 11 is 1.33. The lowest BCUT2D eigenvalue weighted by atomic mass is 9.83. The van der Waals surface area contributed by atoms with Crippen LogP contribution in [0.1, 0.15) is 96.0 Å². The van der Waals surface area contributed by atoms with E-state index in [1.165, 1.54) is 40.5 Å². The number of hydrogen-bond acceptors (Lipinski definition) is 7. The highest BCUT2D eigenvalue weighted by Crippen LogP contribution is 2.44. The summed E-state index contributed by atoms with van der Waals surface area (Å²) in [5.74, 6) is -1.46. The number of hydrogen-bond donors (Lipinski definition) is 1. The molecule has 3 atom stereocenters. The number of benzene rings is 3. The summed E-state index contributed by atoms with van der Waals surface area (Å²) in [6, 6.07) is 19.6. The summed E-state index contributed by atoms with van der Waals surface area (Å²) in [6.45, 7) is 2.30. The minimum Gasteiger partial charge on any atom is -0.448 e. The molecular formula is C41H43FN4O5S. The van der Waals surface area contributed by atoms with Crippen LogP contribution in [0.5, 0.6) is 0 Å². The zero-order chi connectivity index (χ0) is 36.4. The second-order valence-corrected chi connectivity index (χ2v) is 15.0. The molecule has 0 bridgehead atoms. The number of carbonyl (C=O) groups excluding carboxylic acids is 4. The molecular weight excluding hydrogens is 680 g/mol. The first kappa shape index (κ1) is 35.5. The Labute approximate surface area is 307 Å². The summed E-state index contributed by atoms with van der Waals surface area (Å²) < 4.78 is 19.3. The quantitative estimate of drug-likeness (QED) is 0.170. The smallest absolute Gasteiger partial charge is 0.410 e. The topological polar surface area (TPSA) is 109 Å². The lowest BCUT2D eigenvalue weighted by Crippen LogP contribution is -2.56. The Bertz CT molecular complexity index is 1910. The SMILES string of the molecule is C[C@@H](C(=O)N[C@H](C(=O)N1CCC[C@H]1c1nc(C(=O)c2ccc(F)cc2)cs1)C1CCCCC1)N(C)C(=O)OCC1c2ccccc2-c2ccccc21. The molecule has 1 saturated heterocycles. The van der Waals surface area contributed by atoms with Crippen molar-refractivity contribution in [1.29, 1.82) is 0 Å². The molecule has 3 amide bonds. The predicted molar refractivity (Wildman–Crippen MR) is 196 cm³/mol. The van der Waals surface area contributed by atoms with Crippen LogP contribution in [0, 0.1) is 11.7 Å². The van der Waals surface area contributed by atoms with Crippen LogP contribution >= 0.6 is 11.3 Å². The molecule has 1 aliphatic heterocycles. The molecule has 0 radical (unpaired) electrons. The van der Waals surface area contributed by atoms with Crippen LogP contribution in [0.25, 0.3) is 11.1 Å². The minimum absolute atomic E-state index is 0.0367. The molecule has 3 aliphatic rings. The van der Waals surface area contributed by atoms with Crippen molar-refractivity contribution in [2.24, 2.45) is 5.92 Å². The average molecular weight is 723 g/mol. The van der Waals surface area contributed by atoms with Crippen molar-refractivity contribution in [3.8, 4) is 11.1 Å². The van der Waals surface area contributed by atoms with Gasteiger partial charge < -0.3 is 15.0 Å². The number of fused-ring (bicyclic) bond motifs is 3. The number of halogens is 1. The molecule has 1 saturated carbocycles. The normalized spacial score (nSPS) is 18.3. The highest BCUT2D eigenvalue weighted by atomic mass is 32.1. The maximum Gasteiger partial charge on any atom is 0.410 e. The Balaban J connectivity index is 1.02. The summed E-state index contributed by atoms with van der Waals surface area (Å²) in [6.07, 6.45) is 5.52. The standard InChI is InChI=1S/C41H43FN4O5S/c1-25(45(2)41(50)51-23-33-31-15-8-6-13-29(31)30-14-7-9-16-32(30)33)38(48)44-36(26-11-4-3-5-12-26)40(49)46-22-10-17-35(46)39-43-34(24-52-39)37(47)27-18-20-28(42)21-19-27/h6-9,13-16,18-21,24-26,33,35-36H,3-5,10-12,17,22-23H2,1-2H3,(H,44,48)/t25-,35-,36-/m0/s1. The molecule has 2 aliphatic carbocycles. The maximum atomic E-state index is 14.4. The fourth-order valence-corrected chi connectivity index (χ4v) is 8.86. The molecule has 11 heteroatoms. The van der Waals surface area contributed by atoms with Gasteiger partial charge in [-0.2, -0.15) is 0 Å². The summed E-state index contributed by atoms with van der Waals surface area (Å²) in [7, 11) is 1.55. The number of nitrogens with one attached hydrogen (secondary N) is 1. The summed E-state index contributed by atoms with van der Waals surface area (Å²) in [5, 5.41) is 5.41. The molecule has 270 valence electrons. The van der Waals surface area contributed by atoms with Crippen molar-refractivity contribution < 1.29 is 28.3 Å². The van der Waals surface area contributed by atoms with Crippen molar-refractivity contribution in [3.63, 3.8) is 0 Å². The molecule has 52 heavy (non-hydrogen) atoms. The van der Waals surface area contributed by atoms with Gasteiger partial charge in [0.25, 0.3) is 0 Å². The van der Waals surface area contributed by atoms with Crippen LogP contribution in [0.3, 0.4) is 0 Å². The maximum absolute atomic E-state index is 14.4. The Morgan fingerprint density at radius 3 is 2.25 bits per heavy atom. The molecule has 1 N–H and O–H groups in total. The van der Waals surface area contributed by atoms with Gasteiger partial charge in [-0.1, -0.05) is 67.8 Å². The molecule has 0 spiro atoms. The van der Waals surface area contributed by atoms with Gasteiger partial charge >= 0.3 is 6.09 Å². The van der Waals surface area contributed by atoms with E-state index in [2.05, 4.69) is 34.6 Å². The van der Waals surface area contributed by atoms with Gasteiger partial charge in [-0.15, -0.1) is 11.3 Å². The average Bonchev–Trinajstić information content (AvgIpc) is 3.94. The lowest BCUT2D eigenvalue weighted by molar-refractivity contribution is -0.140. The third kappa shape index (κ3) is 7.11. The number of likely N-dealkylation sites (tertiary alicyclic amines) is 1. The summed E-state index contributed by atoms with van der Waals surface area (Å²) in [4.78, 5) is 62.4. The van der Waals surface area contributed by atoms with Gasteiger partial charge in [0.15, 0.2) is 0 Å². The van der Waals surface area contributed by atoms with Crippen LogP contribution < -0.4 is 5.32 Å². The Morgan fingerprint density at radius 2 is 1.58 bits per heavy atom. The third-order valence-corrected chi connectivity index (χ3v) is 11.9. The van der Waals surface area contributed by atoms with Crippen molar-refractivity contribution in [1.82, 2.24) is 20.1 Å². The zero-order valence-corrected chi connectivity index (χ0v) is 30.2. The van der Waals surface area contributed by atoms with Gasteiger partial charge in [-0.25, -0.2) is 14.2 Å². The molecule has 7 rings (SSSR count). The highest BCUT2D eigenvalue weighted by Gasteiger charge is 2.41. The fraction of sp³-hybridized carbons (Fsp3) is 0.390. The Hall–Kier alpha value is -4.90. The zero-order valence-electron chi connectivity index (χ0n) is 29.4. The van der Waals surface area contributed by atoms with Crippen LogP contribution in [-0.4, -0.2) is 70.8 Å². The lowest BCUT2D eigenvalue weighted by Gasteiger charge is -2.35. The van der Waals surface area contributed by atoms with E-state index in [-0.39, 0.29) is 41.9 Å². The van der Waals surface area contributed by atoms with E-state index in [4.69, 9.17) is 4.74 Å². The van der Waals surface area contributed by atoms with Gasteiger partial charge in [0.1, 0.15) is 35.2 Å². The number of amides is 3. The van der Waals surface area contributed by atoms with Crippen molar-refractivity contribution in [2.75, 3.05) is 20.2 Å². The molecule has 4 aromatic rings. The Kier molecular flexibility index (Phi) is 10.5. The first-order valence-corrected chi connectivity index (χ1v) is 19.0. The second-order valence-electron chi connectivity index (χ2n) is 14.1. The molecule has 1 aromatic heterocycles. The summed E-state index contributed by atoms with van der Waals surface area (Å²) in [5.41, 5.74) is 5.07. The fourth-order valence-electron chi connectivity index (χ4n) is 7.91. The van der Waals surface area contributed by atoms with Crippen LogP contribution in [0.4, 0.5) is 9.18 Å². The number of rotatable bonds is 10. The number of aromatic nitrogens is 1. The third-order valence-electron chi connectivity index (χ3n) is 11.0. The van der Waals surface area contributed by atoms with Crippen LogP contribution in [0.2, 0.25) is 0 Å². The van der Waals surface area contributed by atoms with E-state index in [0.717, 1.165) is 60.8 Å². The second kappa shape index (κ2) is 15.4. The minimum atomic E-state index is -0.886. The number of ether oxygens (including phenoxy) is 1. The Morgan fingerprint density at radius 1 is 0.923 bits per heavy atom. The number of ketones is 1.